The Morgan fingerprint density at radius 2 is 2.36 bits per heavy atom. The lowest BCUT2D eigenvalue weighted by Gasteiger charge is -2.10. The zero-order valence-electron chi connectivity index (χ0n) is 7.31. The fourth-order valence-corrected chi connectivity index (χ4v) is 1.55. The summed E-state index contributed by atoms with van der Waals surface area (Å²) in [6.45, 7) is -0.0359. The molecule has 0 aliphatic carbocycles. The monoisotopic (exact) mass is 259 g/mol. The predicted octanol–water partition coefficient (Wildman–Crippen LogP) is 1.51. The maximum Gasteiger partial charge on any atom is 0.313 e. The second kappa shape index (κ2) is 5.09. The van der Waals surface area contributed by atoms with Crippen molar-refractivity contribution >= 4 is 21.9 Å². The maximum absolute atomic E-state index is 10.9. The van der Waals surface area contributed by atoms with Crippen LogP contribution in [0.4, 0.5) is 0 Å². The molecule has 1 aromatic carbocycles. The number of aliphatic carboxylic acids is 1. The van der Waals surface area contributed by atoms with Crippen molar-refractivity contribution in [2.24, 2.45) is 5.90 Å². The van der Waals surface area contributed by atoms with Gasteiger partial charge in [0.25, 0.3) is 0 Å². The van der Waals surface area contributed by atoms with E-state index < -0.39 is 11.9 Å². The van der Waals surface area contributed by atoms with Gasteiger partial charge in [-0.2, -0.15) is 0 Å². The van der Waals surface area contributed by atoms with Gasteiger partial charge in [-0.25, -0.2) is 5.90 Å². The fraction of sp³-hybridized carbons (Fsp3) is 0.222. The third-order valence-electron chi connectivity index (χ3n) is 1.81. The molecular weight excluding hydrogens is 250 g/mol. The topological polar surface area (TPSA) is 72.5 Å². The van der Waals surface area contributed by atoms with E-state index in [0.717, 1.165) is 4.47 Å². The molecule has 14 heavy (non-hydrogen) atoms. The summed E-state index contributed by atoms with van der Waals surface area (Å²) in [7, 11) is 0. The summed E-state index contributed by atoms with van der Waals surface area (Å²) >= 11 is 3.27. The van der Waals surface area contributed by atoms with Crippen LogP contribution in [0.15, 0.2) is 28.7 Å². The Kier molecular flexibility index (Phi) is 4.06. The van der Waals surface area contributed by atoms with Crippen LogP contribution in [0.1, 0.15) is 11.5 Å². The van der Waals surface area contributed by atoms with Gasteiger partial charge in [-0.3, -0.25) is 4.79 Å². The molecule has 1 rings (SSSR count). The molecule has 0 amide bonds. The SMILES string of the molecule is NOCC(C(=O)O)c1cccc(Br)c1. The summed E-state index contributed by atoms with van der Waals surface area (Å²) in [6.07, 6.45) is 0. The van der Waals surface area contributed by atoms with Gasteiger partial charge in [-0.05, 0) is 17.7 Å². The van der Waals surface area contributed by atoms with Crippen molar-refractivity contribution in [2.75, 3.05) is 6.61 Å². The summed E-state index contributed by atoms with van der Waals surface area (Å²) in [4.78, 5) is 15.2. The lowest BCUT2D eigenvalue weighted by atomic mass is 10.0. The lowest BCUT2D eigenvalue weighted by Crippen LogP contribution is -2.19. The Morgan fingerprint density at radius 1 is 1.64 bits per heavy atom. The summed E-state index contributed by atoms with van der Waals surface area (Å²) in [5.74, 6) is 3.19. The molecule has 0 aliphatic rings. The van der Waals surface area contributed by atoms with E-state index in [-0.39, 0.29) is 6.61 Å². The molecule has 0 radical (unpaired) electrons. The molecule has 3 N–H and O–H groups in total. The molecule has 0 bridgehead atoms. The number of nitrogens with two attached hydrogens (primary N) is 1. The highest BCUT2D eigenvalue weighted by atomic mass is 79.9. The quantitative estimate of drug-likeness (QED) is 0.805. The zero-order valence-corrected chi connectivity index (χ0v) is 8.90. The van der Waals surface area contributed by atoms with Crippen LogP contribution in [0.2, 0.25) is 0 Å². The molecule has 1 aromatic rings. The Morgan fingerprint density at radius 3 is 2.86 bits per heavy atom. The van der Waals surface area contributed by atoms with E-state index in [9.17, 15) is 4.79 Å². The Bertz CT molecular complexity index is 330. The van der Waals surface area contributed by atoms with E-state index in [1.165, 1.54) is 0 Å². The Hall–Kier alpha value is -0.910. The van der Waals surface area contributed by atoms with Crippen LogP contribution in [0.3, 0.4) is 0 Å². The number of halogens is 1. The molecule has 0 saturated carbocycles. The highest BCUT2D eigenvalue weighted by Gasteiger charge is 2.19. The Balaban J connectivity index is 2.93. The van der Waals surface area contributed by atoms with E-state index in [0.29, 0.717) is 5.56 Å². The lowest BCUT2D eigenvalue weighted by molar-refractivity contribution is -0.140. The molecule has 0 aromatic heterocycles. The number of rotatable bonds is 4. The fourth-order valence-electron chi connectivity index (χ4n) is 1.13. The summed E-state index contributed by atoms with van der Waals surface area (Å²) < 4.78 is 0.832. The molecule has 4 nitrogen and oxygen atoms in total. The highest BCUT2D eigenvalue weighted by Crippen LogP contribution is 2.20. The van der Waals surface area contributed by atoms with E-state index >= 15 is 0 Å². The van der Waals surface area contributed by atoms with Crippen molar-refractivity contribution in [3.05, 3.63) is 34.3 Å². The summed E-state index contributed by atoms with van der Waals surface area (Å²) in [5, 5.41) is 8.90. The van der Waals surface area contributed by atoms with Gasteiger partial charge in [-0.15, -0.1) is 0 Å². The van der Waals surface area contributed by atoms with Crippen LogP contribution < -0.4 is 5.90 Å². The molecule has 0 heterocycles. The number of hydrogen-bond acceptors (Lipinski definition) is 3. The molecule has 0 fully saturated rings. The van der Waals surface area contributed by atoms with Gasteiger partial charge in [0.05, 0.1) is 6.61 Å². The molecule has 1 atom stereocenters. The van der Waals surface area contributed by atoms with Gasteiger partial charge in [-0.1, -0.05) is 28.1 Å². The number of carbonyl (C=O) groups is 1. The summed E-state index contributed by atoms with van der Waals surface area (Å²) in [5.41, 5.74) is 0.664. The van der Waals surface area contributed by atoms with Crippen molar-refractivity contribution in [1.82, 2.24) is 0 Å². The second-order valence-corrected chi connectivity index (χ2v) is 3.69. The first-order chi connectivity index (χ1) is 6.65. The molecule has 5 heteroatoms. The van der Waals surface area contributed by atoms with Gasteiger partial charge in [0, 0.05) is 4.47 Å². The standard InChI is InChI=1S/C9H10BrNO3/c10-7-3-1-2-6(4-7)8(5-14-11)9(12)13/h1-4,8H,5,11H2,(H,12,13). The number of carboxylic acids is 1. The molecule has 76 valence electrons. The Labute approximate surface area is 89.8 Å². The van der Waals surface area contributed by atoms with E-state index in [2.05, 4.69) is 20.8 Å². The van der Waals surface area contributed by atoms with Crippen LogP contribution in [-0.2, 0) is 9.63 Å². The first kappa shape index (κ1) is 11.2. The van der Waals surface area contributed by atoms with E-state index in [4.69, 9.17) is 11.0 Å². The van der Waals surface area contributed by atoms with Crippen molar-refractivity contribution in [2.45, 2.75) is 5.92 Å². The minimum Gasteiger partial charge on any atom is -0.481 e. The molecule has 0 spiro atoms. The van der Waals surface area contributed by atoms with Crippen molar-refractivity contribution < 1.29 is 14.7 Å². The first-order valence-electron chi connectivity index (χ1n) is 3.95. The molecule has 1 unspecified atom stereocenters. The highest BCUT2D eigenvalue weighted by molar-refractivity contribution is 9.10. The van der Waals surface area contributed by atoms with Crippen LogP contribution in [0.5, 0.6) is 0 Å². The molecule has 0 aliphatic heterocycles. The van der Waals surface area contributed by atoms with Gasteiger partial charge >= 0.3 is 5.97 Å². The van der Waals surface area contributed by atoms with Crippen molar-refractivity contribution in [3.63, 3.8) is 0 Å². The van der Waals surface area contributed by atoms with Gasteiger partial charge in [0.15, 0.2) is 0 Å². The molecule has 0 saturated heterocycles. The van der Waals surface area contributed by atoms with Crippen LogP contribution >= 0.6 is 15.9 Å². The third kappa shape index (κ3) is 2.80. The third-order valence-corrected chi connectivity index (χ3v) is 2.31. The minimum absolute atomic E-state index is 0.0359. The van der Waals surface area contributed by atoms with Crippen molar-refractivity contribution in [3.8, 4) is 0 Å². The van der Waals surface area contributed by atoms with Crippen LogP contribution in [-0.4, -0.2) is 17.7 Å². The number of carboxylic acid groups (broad SMARTS) is 1. The summed E-state index contributed by atoms with van der Waals surface area (Å²) in [6, 6.07) is 7.05. The second-order valence-electron chi connectivity index (χ2n) is 2.78. The van der Waals surface area contributed by atoms with E-state index in [1.807, 2.05) is 6.07 Å². The largest absolute Gasteiger partial charge is 0.481 e. The van der Waals surface area contributed by atoms with Crippen molar-refractivity contribution in [1.29, 1.82) is 0 Å². The van der Waals surface area contributed by atoms with Crippen LogP contribution in [0, 0.1) is 0 Å². The normalized spacial score (nSPS) is 12.4. The van der Waals surface area contributed by atoms with E-state index in [1.54, 1.807) is 18.2 Å². The van der Waals surface area contributed by atoms with Crippen LogP contribution in [0.25, 0.3) is 0 Å². The average molecular weight is 260 g/mol. The first-order valence-corrected chi connectivity index (χ1v) is 4.74. The van der Waals surface area contributed by atoms with Gasteiger partial charge in [0.1, 0.15) is 5.92 Å². The van der Waals surface area contributed by atoms with Gasteiger partial charge < -0.3 is 9.94 Å². The minimum atomic E-state index is -0.950. The smallest absolute Gasteiger partial charge is 0.313 e. The molecular formula is C9H10BrNO3. The van der Waals surface area contributed by atoms with Gasteiger partial charge in [0.2, 0.25) is 0 Å². The number of benzene rings is 1. The average Bonchev–Trinajstić information content (AvgIpc) is 2.13. The maximum atomic E-state index is 10.9. The number of hydrogen-bond donors (Lipinski definition) is 2. The predicted molar refractivity (Wildman–Crippen MR) is 54.7 cm³/mol. The zero-order chi connectivity index (χ0) is 10.6.